The normalized spacial score (nSPS) is 21.4. The van der Waals surface area contributed by atoms with Crippen molar-refractivity contribution in [2.45, 2.75) is 18.1 Å². The second-order valence-corrected chi connectivity index (χ2v) is 7.12. The van der Waals surface area contributed by atoms with Gasteiger partial charge in [-0.2, -0.15) is 0 Å². The molecule has 0 spiro atoms. The fraction of sp³-hybridized carbons (Fsp3) is 0.167. The number of carbonyl (C=O) groups is 2. The van der Waals surface area contributed by atoms with Gasteiger partial charge in [0, 0.05) is 6.42 Å². The van der Waals surface area contributed by atoms with E-state index in [2.05, 4.69) is 0 Å². The van der Waals surface area contributed by atoms with Gasteiger partial charge in [0.25, 0.3) is 0 Å². The van der Waals surface area contributed by atoms with Gasteiger partial charge in [-0.3, -0.25) is 9.69 Å². The first-order valence-electron chi connectivity index (χ1n) is 9.46. The van der Waals surface area contributed by atoms with Gasteiger partial charge in [-0.25, -0.2) is 4.79 Å². The first-order valence-corrected chi connectivity index (χ1v) is 9.46. The summed E-state index contributed by atoms with van der Waals surface area (Å²) in [5.74, 6) is -0.556. The Morgan fingerprint density at radius 3 is 2.07 bits per heavy atom. The topological polar surface area (TPSA) is 66.8 Å². The van der Waals surface area contributed by atoms with Crippen molar-refractivity contribution in [1.29, 1.82) is 0 Å². The average molecular weight is 387 g/mol. The Balaban J connectivity index is 1.95. The Bertz CT molecular complexity index is 991. The fourth-order valence-corrected chi connectivity index (χ4v) is 4.11. The van der Waals surface area contributed by atoms with Crippen molar-refractivity contribution in [3.8, 4) is 0 Å². The van der Waals surface area contributed by atoms with Gasteiger partial charge in [-0.15, -0.1) is 0 Å². The van der Waals surface area contributed by atoms with Gasteiger partial charge >= 0.3 is 12.1 Å². The molecule has 0 radical (unpaired) electrons. The van der Waals surface area contributed by atoms with E-state index in [1.807, 2.05) is 91.0 Å². The summed E-state index contributed by atoms with van der Waals surface area (Å²) in [6, 6.07) is 27.8. The number of esters is 1. The van der Waals surface area contributed by atoms with Crippen LogP contribution in [0.1, 0.15) is 22.7 Å². The van der Waals surface area contributed by atoms with Gasteiger partial charge in [0.2, 0.25) is 0 Å². The summed E-state index contributed by atoms with van der Waals surface area (Å²) in [7, 11) is 0. The van der Waals surface area contributed by atoms with Crippen molar-refractivity contribution in [3.63, 3.8) is 0 Å². The SMILES string of the molecule is O=C1CN(C(=O)O)[C@@H](c2ccccc2)[C@@](Cc2ccccc2)(c2ccccc2)O1. The molecule has 4 rings (SSSR count). The molecule has 5 heteroatoms. The zero-order valence-corrected chi connectivity index (χ0v) is 15.8. The van der Waals surface area contributed by atoms with Crippen molar-refractivity contribution >= 4 is 12.1 Å². The number of carboxylic acid groups (broad SMARTS) is 1. The lowest BCUT2D eigenvalue weighted by Crippen LogP contribution is -2.56. The van der Waals surface area contributed by atoms with E-state index < -0.39 is 23.7 Å². The van der Waals surface area contributed by atoms with Crippen LogP contribution < -0.4 is 0 Å². The Morgan fingerprint density at radius 2 is 1.48 bits per heavy atom. The summed E-state index contributed by atoms with van der Waals surface area (Å²) < 4.78 is 6.07. The van der Waals surface area contributed by atoms with Crippen LogP contribution in [-0.2, 0) is 21.6 Å². The summed E-state index contributed by atoms with van der Waals surface area (Å²) in [5.41, 5.74) is 1.31. The molecule has 0 saturated carbocycles. The predicted octanol–water partition coefficient (Wildman–Crippen LogP) is 4.40. The first-order chi connectivity index (χ1) is 14.1. The predicted molar refractivity (Wildman–Crippen MR) is 108 cm³/mol. The number of carbonyl (C=O) groups excluding carboxylic acids is 1. The molecule has 1 heterocycles. The molecule has 2 atom stereocenters. The lowest BCUT2D eigenvalue weighted by atomic mass is 9.76. The standard InChI is InChI=1S/C24H21NO4/c26-21-17-25(23(27)28)22(19-12-6-2-7-13-19)24(29-21,20-14-8-3-9-15-20)16-18-10-4-1-5-11-18/h1-15,22H,16-17H2,(H,27,28)/t22-,24+/m0/s1. The number of rotatable bonds is 4. The molecule has 1 N–H and O–H groups in total. The number of hydrogen-bond acceptors (Lipinski definition) is 3. The molecule has 3 aromatic rings. The van der Waals surface area contributed by atoms with Crippen LogP contribution in [0.4, 0.5) is 4.79 Å². The smallest absolute Gasteiger partial charge is 0.408 e. The van der Waals surface area contributed by atoms with Gasteiger partial charge in [0.05, 0.1) is 0 Å². The summed E-state index contributed by atoms with van der Waals surface area (Å²) in [6.07, 6.45) is -0.795. The number of benzene rings is 3. The number of hydrogen-bond donors (Lipinski definition) is 1. The Labute approximate surface area is 169 Å². The summed E-state index contributed by atoms with van der Waals surface area (Å²) in [4.78, 5) is 26.0. The number of amides is 1. The maximum atomic E-state index is 12.6. The molecule has 5 nitrogen and oxygen atoms in total. The van der Waals surface area contributed by atoms with E-state index in [1.54, 1.807) is 0 Å². The zero-order valence-electron chi connectivity index (χ0n) is 15.8. The van der Waals surface area contributed by atoms with E-state index >= 15 is 0 Å². The molecule has 0 unspecified atom stereocenters. The molecule has 1 fully saturated rings. The highest BCUT2D eigenvalue weighted by molar-refractivity contribution is 5.80. The average Bonchev–Trinajstić information content (AvgIpc) is 2.75. The van der Waals surface area contributed by atoms with Crippen LogP contribution in [0.3, 0.4) is 0 Å². The van der Waals surface area contributed by atoms with Crippen molar-refractivity contribution in [2.24, 2.45) is 0 Å². The minimum absolute atomic E-state index is 0.307. The van der Waals surface area contributed by atoms with Crippen LogP contribution in [0.25, 0.3) is 0 Å². The number of ether oxygens (including phenoxy) is 1. The first kappa shape index (κ1) is 18.7. The van der Waals surface area contributed by atoms with Crippen molar-refractivity contribution in [3.05, 3.63) is 108 Å². The molecule has 29 heavy (non-hydrogen) atoms. The molecular weight excluding hydrogens is 366 g/mol. The second kappa shape index (κ2) is 7.80. The molecule has 3 aromatic carbocycles. The van der Waals surface area contributed by atoms with Crippen LogP contribution >= 0.6 is 0 Å². The molecule has 146 valence electrons. The van der Waals surface area contributed by atoms with E-state index in [4.69, 9.17) is 4.74 Å². The second-order valence-electron chi connectivity index (χ2n) is 7.12. The van der Waals surface area contributed by atoms with Gasteiger partial charge in [0.15, 0.2) is 5.60 Å². The van der Waals surface area contributed by atoms with Gasteiger partial charge in [-0.1, -0.05) is 91.0 Å². The van der Waals surface area contributed by atoms with Crippen LogP contribution in [0.5, 0.6) is 0 Å². The summed E-state index contributed by atoms with van der Waals surface area (Å²) in [6.45, 7) is -0.307. The lowest BCUT2D eigenvalue weighted by Gasteiger charge is -2.48. The Morgan fingerprint density at radius 1 is 0.931 bits per heavy atom. The van der Waals surface area contributed by atoms with Crippen molar-refractivity contribution in [1.82, 2.24) is 4.90 Å². The molecule has 1 saturated heterocycles. The van der Waals surface area contributed by atoms with Gasteiger partial charge in [0.1, 0.15) is 12.6 Å². The number of morpholine rings is 1. The number of nitrogens with zero attached hydrogens (tertiary/aromatic N) is 1. The monoisotopic (exact) mass is 387 g/mol. The van der Waals surface area contributed by atoms with E-state index in [0.717, 1.165) is 16.7 Å². The van der Waals surface area contributed by atoms with Crippen LogP contribution in [0.2, 0.25) is 0 Å². The molecule has 0 aliphatic carbocycles. The quantitative estimate of drug-likeness (QED) is 0.674. The van der Waals surface area contributed by atoms with Gasteiger partial charge < -0.3 is 9.84 Å². The largest absolute Gasteiger partial charge is 0.465 e. The molecule has 0 bridgehead atoms. The maximum absolute atomic E-state index is 12.6. The highest BCUT2D eigenvalue weighted by Gasteiger charge is 2.53. The van der Waals surface area contributed by atoms with Crippen molar-refractivity contribution in [2.75, 3.05) is 6.54 Å². The molecule has 0 aromatic heterocycles. The molecular formula is C24H21NO4. The maximum Gasteiger partial charge on any atom is 0.408 e. The van der Waals surface area contributed by atoms with E-state index in [1.165, 1.54) is 4.90 Å². The third-order valence-corrected chi connectivity index (χ3v) is 5.28. The summed E-state index contributed by atoms with van der Waals surface area (Å²) in [5, 5.41) is 9.95. The lowest BCUT2D eigenvalue weighted by molar-refractivity contribution is -0.186. The van der Waals surface area contributed by atoms with E-state index in [-0.39, 0.29) is 6.54 Å². The Kier molecular flexibility index (Phi) is 5.04. The third kappa shape index (κ3) is 3.59. The highest BCUT2D eigenvalue weighted by Crippen LogP contribution is 2.47. The minimum atomic E-state index is -1.18. The number of cyclic esters (lactones) is 1. The highest BCUT2D eigenvalue weighted by atomic mass is 16.6. The third-order valence-electron chi connectivity index (χ3n) is 5.28. The van der Waals surface area contributed by atoms with Crippen LogP contribution in [-0.4, -0.2) is 28.6 Å². The molecule has 1 aliphatic rings. The van der Waals surface area contributed by atoms with Crippen molar-refractivity contribution < 1.29 is 19.4 Å². The van der Waals surface area contributed by atoms with E-state index in [0.29, 0.717) is 6.42 Å². The van der Waals surface area contributed by atoms with Crippen LogP contribution in [0, 0.1) is 0 Å². The van der Waals surface area contributed by atoms with Gasteiger partial charge in [-0.05, 0) is 16.7 Å². The minimum Gasteiger partial charge on any atom is -0.465 e. The molecule has 1 amide bonds. The van der Waals surface area contributed by atoms with Crippen LogP contribution in [0.15, 0.2) is 91.0 Å². The zero-order chi connectivity index (χ0) is 20.3. The fourth-order valence-electron chi connectivity index (χ4n) is 4.11. The molecule has 1 aliphatic heterocycles. The van der Waals surface area contributed by atoms with E-state index in [9.17, 15) is 14.7 Å². The summed E-state index contributed by atoms with van der Waals surface area (Å²) >= 11 is 0. The Hall–Kier alpha value is -3.60.